The van der Waals surface area contributed by atoms with Crippen LogP contribution in [0.3, 0.4) is 0 Å². The van der Waals surface area contributed by atoms with Crippen LogP contribution < -0.4 is 11.1 Å². The average Bonchev–Trinajstić information content (AvgIpc) is 2.45. The molecule has 124 valence electrons. The van der Waals surface area contributed by atoms with Gasteiger partial charge in [0.05, 0.1) is 12.5 Å². The van der Waals surface area contributed by atoms with Gasteiger partial charge in [0, 0.05) is 0 Å². The number of rotatable bonds is 1. The zero-order valence-electron chi connectivity index (χ0n) is 11.2. The molecule has 5 aliphatic rings. The first-order valence-corrected chi connectivity index (χ1v) is 6.77. The zero-order chi connectivity index (χ0) is 16.1. The number of guanidine groups is 1. The van der Waals surface area contributed by atoms with Gasteiger partial charge in [0.25, 0.3) is 0 Å². The summed E-state index contributed by atoms with van der Waals surface area (Å²) in [5.41, 5.74) is 1.74. The summed E-state index contributed by atoms with van der Waals surface area (Å²) in [7, 11) is 0. The highest BCUT2D eigenvalue weighted by Crippen LogP contribution is 2.58. The van der Waals surface area contributed by atoms with E-state index >= 15 is 0 Å². The Hall–Kier alpha value is -1.05. The first kappa shape index (κ1) is 14.5. The van der Waals surface area contributed by atoms with Gasteiger partial charge in [-0.25, -0.2) is 4.99 Å². The highest BCUT2D eigenvalue weighted by molar-refractivity contribution is 5.80. The maximum absolute atomic E-state index is 10.6. The molecule has 0 radical (unpaired) electrons. The van der Waals surface area contributed by atoms with Gasteiger partial charge in [-0.3, -0.25) is 0 Å². The summed E-state index contributed by atoms with van der Waals surface area (Å²) in [6.07, 6.45) is -7.77. The molecule has 1 saturated carbocycles. The van der Waals surface area contributed by atoms with E-state index < -0.39 is 60.3 Å². The molecule has 4 heterocycles. The maximum atomic E-state index is 10.6. The maximum Gasteiger partial charge on any atom is 0.311 e. The van der Waals surface area contributed by atoms with Crippen molar-refractivity contribution in [2.24, 2.45) is 16.6 Å². The summed E-state index contributed by atoms with van der Waals surface area (Å²) in [6, 6.07) is 0. The normalized spacial score (nSPS) is 62.4. The largest absolute Gasteiger partial charge is 0.393 e. The van der Waals surface area contributed by atoms with Crippen LogP contribution in [0.2, 0.25) is 0 Å². The van der Waals surface area contributed by atoms with Crippen molar-refractivity contribution in [2.45, 2.75) is 47.8 Å². The first-order chi connectivity index (χ1) is 10.2. The molecule has 4 bridgehead atoms. The SMILES string of the molecule is NC1=NC(O)C2C3OC4(O)OC(C(O)C2(N1)[C@H]4O)C3(O)CO. The standard InChI is InChI=1S/C11H17N3O8/c12-8-13-6(17)2-4-9(19,1-15)5-3(16)10(2,14-8)7(18)11(20,21-4)22-5/h2-7,15-20H,1H2,(H3,12,13,14)/t2?,3?,4?,5?,6?,7-,9?,10?,11?/m1/s1. The second kappa shape index (κ2) is 3.88. The van der Waals surface area contributed by atoms with Gasteiger partial charge >= 0.3 is 5.97 Å². The molecule has 1 spiro atoms. The summed E-state index contributed by atoms with van der Waals surface area (Å²) in [5, 5.41) is 64.3. The third-order valence-electron chi connectivity index (χ3n) is 5.22. The topological polar surface area (TPSA) is 190 Å². The quantitative estimate of drug-likeness (QED) is 0.231. The van der Waals surface area contributed by atoms with E-state index in [0.29, 0.717) is 0 Å². The fraction of sp³-hybridized carbons (Fsp3) is 0.909. The van der Waals surface area contributed by atoms with Gasteiger partial charge in [0.1, 0.15) is 29.5 Å². The monoisotopic (exact) mass is 319 g/mol. The Labute approximate surface area is 123 Å². The lowest BCUT2D eigenvalue weighted by Gasteiger charge is -2.71. The number of aliphatic imine (C=N–C) groups is 1. The lowest BCUT2D eigenvalue weighted by molar-refractivity contribution is -0.548. The number of hydrogen-bond acceptors (Lipinski definition) is 11. The van der Waals surface area contributed by atoms with E-state index in [2.05, 4.69) is 10.3 Å². The van der Waals surface area contributed by atoms with Crippen LogP contribution in [0, 0.1) is 5.92 Å². The molecule has 5 rings (SSSR count). The van der Waals surface area contributed by atoms with Crippen LogP contribution in [0.5, 0.6) is 0 Å². The van der Waals surface area contributed by atoms with E-state index in [4.69, 9.17) is 15.2 Å². The second-order valence-electron chi connectivity index (χ2n) is 6.22. The van der Waals surface area contributed by atoms with Gasteiger partial charge in [0.2, 0.25) is 0 Å². The third-order valence-corrected chi connectivity index (χ3v) is 5.22. The van der Waals surface area contributed by atoms with E-state index in [-0.39, 0.29) is 5.96 Å². The molecular formula is C11H17N3O8. The molecule has 9 atom stereocenters. The van der Waals surface area contributed by atoms with Crippen LogP contribution in [0.25, 0.3) is 0 Å². The summed E-state index contributed by atoms with van der Waals surface area (Å²) in [6.45, 7) is -0.857. The fourth-order valence-electron chi connectivity index (χ4n) is 4.24. The number of hydrogen-bond donors (Lipinski definition) is 8. The highest BCUT2D eigenvalue weighted by atomic mass is 16.9. The van der Waals surface area contributed by atoms with E-state index in [9.17, 15) is 30.6 Å². The van der Waals surface area contributed by atoms with Crippen LogP contribution >= 0.6 is 0 Å². The smallest absolute Gasteiger partial charge is 0.311 e. The number of nitrogens with one attached hydrogen (secondary N) is 1. The van der Waals surface area contributed by atoms with Gasteiger partial charge in [-0.05, 0) is 0 Å². The molecule has 0 amide bonds. The van der Waals surface area contributed by atoms with Crippen molar-refractivity contribution >= 4 is 5.96 Å². The zero-order valence-corrected chi connectivity index (χ0v) is 11.2. The molecule has 9 N–H and O–H groups in total. The summed E-state index contributed by atoms with van der Waals surface area (Å²) in [5.74, 6) is -3.95. The molecule has 0 aromatic carbocycles. The Morgan fingerprint density at radius 2 is 1.82 bits per heavy atom. The van der Waals surface area contributed by atoms with Crippen LogP contribution in [0.15, 0.2) is 4.99 Å². The minimum absolute atomic E-state index is 0.250. The Balaban J connectivity index is 1.95. The number of ether oxygens (including phenoxy) is 2. The predicted octanol–water partition coefficient (Wildman–Crippen LogP) is -5.52. The number of aliphatic hydroxyl groups excluding tert-OH is 4. The highest BCUT2D eigenvalue weighted by Gasteiger charge is 2.82. The van der Waals surface area contributed by atoms with E-state index in [1.807, 2.05) is 0 Å². The number of nitrogens with two attached hydrogens (primary N) is 1. The van der Waals surface area contributed by atoms with Crippen LogP contribution in [0.4, 0.5) is 0 Å². The third kappa shape index (κ3) is 1.28. The number of nitrogens with zero attached hydrogens (tertiary/aromatic N) is 1. The predicted molar refractivity (Wildman–Crippen MR) is 65.7 cm³/mol. The van der Waals surface area contributed by atoms with Crippen molar-refractivity contribution < 1.29 is 40.1 Å². The van der Waals surface area contributed by atoms with Gasteiger partial charge in [-0.2, -0.15) is 0 Å². The Morgan fingerprint density at radius 1 is 1.18 bits per heavy atom. The van der Waals surface area contributed by atoms with Gasteiger partial charge in [-0.1, -0.05) is 0 Å². The van der Waals surface area contributed by atoms with E-state index in [1.54, 1.807) is 0 Å². The molecule has 1 aliphatic carbocycles. The minimum atomic E-state index is -2.52. The molecule has 11 nitrogen and oxygen atoms in total. The lowest BCUT2D eigenvalue weighted by Crippen LogP contribution is -2.95. The molecule has 0 aromatic rings. The molecule has 11 heteroatoms. The Kier molecular flexibility index (Phi) is 2.57. The summed E-state index contributed by atoms with van der Waals surface area (Å²) >= 11 is 0. The molecule has 4 fully saturated rings. The Morgan fingerprint density at radius 3 is 2.45 bits per heavy atom. The molecule has 22 heavy (non-hydrogen) atoms. The van der Waals surface area contributed by atoms with E-state index in [1.165, 1.54) is 0 Å². The van der Waals surface area contributed by atoms with Crippen LogP contribution in [-0.4, -0.2) is 91.0 Å². The molecule has 0 aromatic heterocycles. The lowest BCUT2D eigenvalue weighted by atomic mass is 9.55. The molecular weight excluding hydrogens is 302 g/mol. The second-order valence-corrected chi connectivity index (χ2v) is 6.22. The van der Waals surface area contributed by atoms with Gasteiger partial charge in [0.15, 0.2) is 18.3 Å². The van der Waals surface area contributed by atoms with Crippen molar-refractivity contribution in [2.75, 3.05) is 6.61 Å². The van der Waals surface area contributed by atoms with Crippen LogP contribution in [0.1, 0.15) is 0 Å². The molecule has 4 aliphatic heterocycles. The fourth-order valence-corrected chi connectivity index (χ4v) is 4.24. The Bertz CT molecular complexity index is 561. The molecule has 8 unspecified atom stereocenters. The van der Waals surface area contributed by atoms with Crippen molar-refractivity contribution in [3.8, 4) is 0 Å². The van der Waals surface area contributed by atoms with Crippen molar-refractivity contribution in [1.29, 1.82) is 0 Å². The minimum Gasteiger partial charge on any atom is -0.393 e. The molecule has 3 saturated heterocycles. The van der Waals surface area contributed by atoms with Crippen molar-refractivity contribution in [3.05, 3.63) is 0 Å². The average molecular weight is 319 g/mol. The number of aliphatic hydroxyl groups is 6. The summed E-state index contributed by atoms with van der Waals surface area (Å²) in [4.78, 5) is 3.70. The van der Waals surface area contributed by atoms with E-state index in [0.717, 1.165) is 0 Å². The van der Waals surface area contributed by atoms with Crippen LogP contribution in [-0.2, 0) is 9.47 Å². The first-order valence-electron chi connectivity index (χ1n) is 6.77. The van der Waals surface area contributed by atoms with Crippen molar-refractivity contribution in [3.63, 3.8) is 0 Å². The summed E-state index contributed by atoms with van der Waals surface area (Å²) < 4.78 is 10.3. The van der Waals surface area contributed by atoms with Crippen molar-refractivity contribution in [1.82, 2.24) is 5.32 Å². The van der Waals surface area contributed by atoms with Gasteiger partial charge in [-0.15, -0.1) is 0 Å². The van der Waals surface area contributed by atoms with Gasteiger partial charge < -0.3 is 51.2 Å².